The molecule has 200 valence electrons. The first kappa shape index (κ1) is 26.2. The third-order valence-electron chi connectivity index (χ3n) is 7.15. The predicted molar refractivity (Wildman–Crippen MR) is 148 cm³/mol. The third-order valence-corrected chi connectivity index (χ3v) is 7.15. The number of hydrogen-bond donors (Lipinski definition) is 1. The van der Waals surface area contributed by atoms with E-state index in [1.165, 1.54) is 4.90 Å². The van der Waals surface area contributed by atoms with Gasteiger partial charge in [0, 0.05) is 11.1 Å². The van der Waals surface area contributed by atoms with E-state index in [9.17, 15) is 14.9 Å². The topological polar surface area (TPSA) is 105 Å². The molecule has 1 fully saturated rings. The van der Waals surface area contributed by atoms with Crippen molar-refractivity contribution >= 4 is 17.7 Å². The number of ether oxygens (including phenoxy) is 2. The van der Waals surface area contributed by atoms with Gasteiger partial charge in [-0.15, -0.1) is 0 Å². The maximum Gasteiger partial charge on any atom is 0.408 e. The van der Waals surface area contributed by atoms with Crippen molar-refractivity contribution in [1.82, 2.24) is 10.3 Å². The minimum Gasteiger partial charge on any atom is -0.466 e. The number of hydrogen-bond acceptors (Lipinski definition) is 6. The monoisotopic (exact) mass is 524 g/mol. The number of alkyl carbamates (subject to hydrolysis) is 1. The molecule has 39 heavy (non-hydrogen) atoms. The minimum absolute atomic E-state index is 0.173. The molecule has 1 atom stereocenters. The first-order valence-corrected chi connectivity index (χ1v) is 13.2. The predicted octanol–water partition coefficient (Wildman–Crippen LogP) is 5.96. The van der Waals surface area contributed by atoms with E-state index < -0.39 is 23.3 Å². The smallest absolute Gasteiger partial charge is 0.408 e. The largest absolute Gasteiger partial charge is 0.466 e. The molecule has 0 bridgehead atoms. The molecular weight excluding hydrogens is 492 g/mol. The van der Waals surface area contributed by atoms with Gasteiger partial charge in [0.2, 0.25) is 5.88 Å². The first-order valence-electron chi connectivity index (χ1n) is 13.2. The third kappa shape index (κ3) is 5.17. The van der Waals surface area contributed by atoms with Crippen LogP contribution >= 0.6 is 0 Å². The van der Waals surface area contributed by atoms with Crippen LogP contribution in [0.15, 0.2) is 60.7 Å². The van der Waals surface area contributed by atoms with Crippen LogP contribution in [0.4, 0.5) is 10.5 Å². The Morgan fingerprint density at radius 3 is 2.41 bits per heavy atom. The number of carbonyl (C=O) groups excluding carboxylic acids is 2. The number of fused-ring (bicyclic) bond motifs is 1. The number of anilines is 1. The number of amides is 2. The lowest BCUT2D eigenvalue weighted by Gasteiger charge is -2.43. The maximum absolute atomic E-state index is 12.7. The standard InChI is InChI=1S/C31H32N4O4/c1-20(18-32)35-25-17-24(21-9-6-5-7-10-21)27(33-28(25)38-19-26(35)36)22-11-13-23(14-12-22)31(15-8-16-31)34-29(37)39-30(2,3)4/h5-7,9-14,17,20H,8,15-16,19H2,1-4H3,(H,34,37). The van der Waals surface area contributed by atoms with E-state index in [0.29, 0.717) is 17.3 Å². The summed E-state index contributed by atoms with van der Waals surface area (Å²) in [6.45, 7) is 7.07. The van der Waals surface area contributed by atoms with Gasteiger partial charge < -0.3 is 14.8 Å². The lowest BCUT2D eigenvalue weighted by molar-refractivity contribution is -0.121. The molecule has 1 aromatic heterocycles. The molecule has 2 aliphatic rings. The number of nitrogens with zero attached hydrogens (tertiary/aromatic N) is 3. The summed E-state index contributed by atoms with van der Waals surface area (Å²) >= 11 is 0. The van der Waals surface area contributed by atoms with Crippen LogP contribution in [0.5, 0.6) is 5.88 Å². The molecule has 0 radical (unpaired) electrons. The molecule has 5 rings (SSSR count). The van der Waals surface area contributed by atoms with Crippen molar-refractivity contribution < 1.29 is 19.1 Å². The zero-order valence-electron chi connectivity index (χ0n) is 22.7. The van der Waals surface area contributed by atoms with E-state index in [1.807, 2.05) is 81.4 Å². The van der Waals surface area contributed by atoms with E-state index in [1.54, 1.807) is 6.92 Å². The molecule has 0 spiro atoms. The lowest BCUT2D eigenvalue weighted by atomic mass is 9.71. The zero-order valence-corrected chi connectivity index (χ0v) is 22.7. The fraction of sp³-hybridized carbons (Fsp3) is 0.355. The Labute approximate surface area is 228 Å². The van der Waals surface area contributed by atoms with Gasteiger partial charge in [0.05, 0.1) is 17.3 Å². The molecule has 0 saturated heterocycles. The van der Waals surface area contributed by atoms with E-state index in [0.717, 1.165) is 41.5 Å². The molecule has 8 heteroatoms. The Morgan fingerprint density at radius 2 is 1.82 bits per heavy atom. The number of carbonyl (C=O) groups is 2. The molecule has 2 amide bonds. The molecule has 3 aromatic rings. The van der Waals surface area contributed by atoms with Crippen LogP contribution in [0.1, 0.15) is 52.5 Å². The molecular formula is C31H32N4O4. The molecule has 1 unspecified atom stereocenters. The number of rotatable bonds is 5. The highest BCUT2D eigenvalue weighted by Crippen LogP contribution is 2.44. The second-order valence-corrected chi connectivity index (χ2v) is 11.1. The minimum atomic E-state index is -0.660. The number of nitrogens with one attached hydrogen (secondary N) is 1. The molecule has 8 nitrogen and oxygen atoms in total. The van der Waals surface area contributed by atoms with E-state index >= 15 is 0 Å². The lowest BCUT2D eigenvalue weighted by Crippen LogP contribution is -2.52. The van der Waals surface area contributed by atoms with Gasteiger partial charge in [-0.05, 0) is 64.2 Å². The summed E-state index contributed by atoms with van der Waals surface area (Å²) < 4.78 is 11.2. The van der Waals surface area contributed by atoms with Crippen molar-refractivity contribution in [2.45, 2.75) is 64.1 Å². The van der Waals surface area contributed by atoms with E-state index in [2.05, 4.69) is 11.4 Å². The van der Waals surface area contributed by atoms with Gasteiger partial charge in [0.15, 0.2) is 6.61 Å². The van der Waals surface area contributed by atoms with Gasteiger partial charge >= 0.3 is 6.09 Å². The van der Waals surface area contributed by atoms with Crippen molar-refractivity contribution in [3.05, 3.63) is 66.2 Å². The molecule has 2 heterocycles. The molecule has 1 aliphatic carbocycles. The fourth-order valence-electron chi connectivity index (χ4n) is 5.10. The Balaban J connectivity index is 1.54. The Morgan fingerprint density at radius 1 is 1.13 bits per heavy atom. The van der Waals surface area contributed by atoms with Crippen LogP contribution in [0.2, 0.25) is 0 Å². The summed E-state index contributed by atoms with van der Waals surface area (Å²) in [5, 5.41) is 12.6. The van der Waals surface area contributed by atoms with Gasteiger partial charge in [-0.1, -0.05) is 54.6 Å². The second-order valence-electron chi connectivity index (χ2n) is 11.1. The number of benzene rings is 2. The van der Waals surface area contributed by atoms with Crippen LogP contribution in [0.25, 0.3) is 22.4 Å². The van der Waals surface area contributed by atoms with Crippen molar-refractivity contribution in [1.29, 1.82) is 5.26 Å². The van der Waals surface area contributed by atoms with Crippen molar-refractivity contribution in [3.63, 3.8) is 0 Å². The number of nitriles is 1. The highest BCUT2D eigenvalue weighted by atomic mass is 16.6. The quantitative estimate of drug-likeness (QED) is 0.442. The van der Waals surface area contributed by atoms with Crippen LogP contribution < -0.4 is 15.0 Å². The van der Waals surface area contributed by atoms with Crippen LogP contribution in [-0.4, -0.2) is 35.2 Å². The second kappa shape index (κ2) is 10.1. The van der Waals surface area contributed by atoms with E-state index in [-0.39, 0.29) is 12.5 Å². The maximum atomic E-state index is 12.7. The van der Waals surface area contributed by atoms with Crippen LogP contribution in [0.3, 0.4) is 0 Å². The van der Waals surface area contributed by atoms with Crippen molar-refractivity contribution in [3.8, 4) is 34.3 Å². The molecule has 1 aliphatic heterocycles. The Hall–Kier alpha value is -4.38. The summed E-state index contributed by atoms with van der Waals surface area (Å²) in [6, 6.07) is 21.2. The van der Waals surface area contributed by atoms with Crippen molar-refractivity contribution in [2.24, 2.45) is 0 Å². The van der Waals surface area contributed by atoms with Crippen LogP contribution in [0, 0.1) is 11.3 Å². The molecule has 2 aromatic carbocycles. The summed E-state index contributed by atoms with van der Waals surface area (Å²) in [5.74, 6) is 0.0373. The van der Waals surface area contributed by atoms with Crippen LogP contribution in [-0.2, 0) is 15.1 Å². The normalized spacial score (nSPS) is 16.7. The fourth-order valence-corrected chi connectivity index (χ4v) is 5.10. The number of pyridine rings is 1. The average molecular weight is 525 g/mol. The van der Waals surface area contributed by atoms with E-state index in [4.69, 9.17) is 14.5 Å². The average Bonchev–Trinajstić information content (AvgIpc) is 2.89. The van der Waals surface area contributed by atoms with Gasteiger partial charge in [-0.2, -0.15) is 5.26 Å². The first-order chi connectivity index (χ1) is 18.6. The molecule has 1 N–H and O–H groups in total. The van der Waals surface area contributed by atoms with Gasteiger partial charge in [-0.25, -0.2) is 9.78 Å². The summed E-state index contributed by atoms with van der Waals surface area (Å²) in [7, 11) is 0. The van der Waals surface area contributed by atoms with Crippen molar-refractivity contribution in [2.75, 3.05) is 11.5 Å². The van der Waals surface area contributed by atoms with Gasteiger partial charge in [-0.3, -0.25) is 9.69 Å². The molecule has 1 saturated carbocycles. The van der Waals surface area contributed by atoms with Gasteiger partial charge in [0.1, 0.15) is 17.3 Å². The SMILES string of the molecule is CC(C#N)N1C(=O)COc2nc(-c3ccc(C4(NC(=O)OC(C)(C)C)CCC4)cc3)c(-c3ccccc3)cc21. The zero-order chi connectivity index (χ0) is 27.8. The van der Waals surface area contributed by atoms with Gasteiger partial charge in [0.25, 0.3) is 5.91 Å². The summed E-state index contributed by atoms with van der Waals surface area (Å²) in [4.78, 5) is 31.6. The highest BCUT2D eigenvalue weighted by Gasteiger charge is 2.41. The highest BCUT2D eigenvalue weighted by molar-refractivity contribution is 6.00. The number of aromatic nitrogens is 1. The Kier molecular flexibility index (Phi) is 6.77. The Bertz CT molecular complexity index is 1430. The summed E-state index contributed by atoms with van der Waals surface area (Å²) in [5.41, 5.74) is 3.79. The summed E-state index contributed by atoms with van der Waals surface area (Å²) in [6.07, 6.45) is 2.28.